The summed E-state index contributed by atoms with van der Waals surface area (Å²) in [6.45, 7) is 1.27. The number of carbonyl (C=O) groups excluding carboxylic acids is 2. The number of hydrogen-bond acceptors (Lipinski definition) is 4. The molecule has 0 spiro atoms. The van der Waals surface area contributed by atoms with E-state index in [1.165, 1.54) is 9.80 Å². The smallest absolute Gasteiger partial charge is 0.241 e. The van der Waals surface area contributed by atoms with Gasteiger partial charge in [-0.25, -0.2) is 0 Å². The second-order valence-corrected chi connectivity index (χ2v) is 3.90. The Morgan fingerprint density at radius 2 is 2.00 bits per heavy atom. The summed E-state index contributed by atoms with van der Waals surface area (Å²) >= 11 is 0. The maximum atomic E-state index is 11.9. The van der Waals surface area contributed by atoms with Crippen molar-refractivity contribution < 1.29 is 14.3 Å². The molecule has 0 unspecified atom stereocenters. The standard InChI is InChI=1S/C12H21N3O3/c1-5-6-13-9-11(16)15(7-8-18-4)10-12(17)14(2)3/h1,13H,6-10H2,2-4H3. The van der Waals surface area contributed by atoms with Crippen LogP contribution in [0, 0.1) is 12.3 Å². The van der Waals surface area contributed by atoms with Crippen molar-refractivity contribution in [2.45, 2.75) is 0 Å². The van der Waals surface area contributed by atoms with Gasteiger partial charge in [-0.15, -0.1) is 6.42 Å². The predicted molar refractivity (Wildman–Crippen MR) is 68.9 cm³/mol. The molecule has 0 saturated carbocycles. The van der Waals surface area contributed by atoms with Gasteiger partial charge in [0, 0.05) is 27.7 Å². The Balaban J connectivity index is 4.33. The minimum Gasteiger partial charge on any atom is -0.383 e. The zero-order valence-electron chi connectivity index (χ0n) is 11.2. The molecule has 2 amide bonds. The fourth-order valence-electron chi connectivity index (χ4n) is 1.15. The number of nitrogens with zero attached hydrogens (tertiary/aromatic N) is 2. The van der Waals surface area contributed by atoms with Gasteiger partial charge in [-0.1, -0.05) is 5.92 Å². The normalized spacial score (nSPS) is 9.67. The van der Waals surface area contributed by atoms with Gasteiger partial charge < -0.3 is 14.5 Å². The van der Waals surface area contributed by atoms with Crippen LogP contribution in [0.25, 0.3) is 0 Å². The quantitative estimate of drug-likeness (QED) is 0.436. The highest BCUT2D eigenvalue weighted by Gasteiger charge is 2.17. The first kappa shape index (κ1) is 16.4. The van der Waals surface area contributed by atoms with E-state index in [2.05, 4.69) is 11.2 Å². The molecule has 18 heavy (non-hydrogen) atoms. The van der Waals surface area contributed by atoms with Crippen molar-refractivity contribution >= 4 is 11.8 Å². The van der Waals surface area contributed by atoms with Crippen molar-refractivity contribution in [3.8, 4) is 12.3 Å². The Morgan fingerprint density at radius 3 is 2.50 bits per heavy atom. The van der Waals surface area contributed by atoms with Crippen LogP contribution in [0.15, 0.2) is 0 Å². The third-order valence-corrected chi connectivity index (χ3v) is 2.25. The molecule has 0 aromatic rings. The van der Waals surface area contributed by atoms with E-state index in [0.717, 1.165) is 0 Å². The summed E-state index contributed by atoms with van der Waals surface area (Å²) in [6, 6.07) is 0. The van der Waals surface area contributed by atoms with Gasteiger partial charge in [-0.2, -0.15) is 0 Å². The molecule has 102 valence electrons. The number of terminal acetylenes is 1. The minimum absolute atomic E-state index is 0.0485. The lowest BCUT2D eigenvalue weighted by atomic mass is 10.4. The van der Waals surface area contributed by atoms with Gasteiger partial charge >= 0.3 is 0 Å². The highest BCUT2D eigenvalue weighted by Crippen LogP contribution is 1.93. The number of nitrogens with one attached hydrogen (secondary N) is 1. The molecule has 0 bridgehead atoms. The van der Waals surface area contributed by atoms with Crippen LogP contribution in [-0.2, 0) is 14.3 Å². The van der Waals surface area contributed by atoms with Crippen molar-refractivity contribution in [3.63, 3.8) is 0 Å². The zero-order valence-corrected chi connectivity index (χ0v) is 11.2. The number of amides is 2. The lowest BCUT2D eigenvalue weighted by molar-refractivity contribution is -0.139. The largest absolute Gasteiger partial charge is 0.383 e. The summed E-state index contributed by atoms with van der Waals surface area (Å²) in [7, 11) is 4.85. The van der Waals surface area contributed by atoms with Crippen molar-refractivity contribution in [2.75, 3.05) is 54.0 Å². The average Bonchev–Trinajstić information content (AvgIpc) is 2.34. The summed E-state index contributed by atoms with van der Waals surface area (Å²) in [5.74, 6) is 2.09. The summed E-state index contributed by atoms with van der Waals surface area (Å²) < 4.78 is 4.92. The number of ether oxygens (including phenoxy) is 1. The Kier molecular flexibility index (Phi) is 8.62. The van der Waals surface area contributed by atoms with Crippen LogP contribution < -0.4 is 5.32 Å². The van der Waals surface area contributed by atoms with Crippen molar-refractivity contribution in [1.82, 2.24) is 15.1 Å². The van der Waals surface area contributed by atoms with E-state index in [0.29, 0.717) is 19.7 Å². The Hall–Kier alpha value is -1.58. The molecule has 0 aliphatic heterocycles. The molecule has 0 aliphatic carbocycles. The Morgan fingerprint density at radius 1 is 1.33 bits per heavy atom. The van der Waals surface area contributed by atoms with Crippen LogP contribution in [0.2, 0.25) is 0 Å². The summed E-state index contributed by atoms with van der Waals surface area (Å²) in [4.78, 5) is 26.3. The van der Waals surface area contributed by atoms with E-state index in [4.69, 9.17) is 11.2 Å². The highest BCUT2D eigenvalue weighted by molar-refractivity contribution is 5.85. The first-order chi connectivity index (χ1) is 8.52. The first-order valence-corrected chi connectivity index (χ1v) is 5.64. The number of carbonyl (C=O) groups is 2. The van der Waals surface area contributed by atoms with Gasteiger partial charge in [0.15, 0.2) is 0 Å². The summed E-state index contributed by atoms with van der Waals surface area (Å²) in [5.41, 5.74) is 0. The molecule has 0 aromatic carbocycles. The zero-order chi connectivity index (χ0) is 14.0. The SMILES string of the molecule is C#CCNCC(=O)N(CCOC)CC(=O)N(C)C. The minimum atomic E-state index is -0.169. The topological polar surface area (TPSA) is 61.9 Å². The summed E-state index contributed by atoms with van der Waals surface area (Å²) in [6.07, 6.45) is 5.07. The third kappa shape index (κ3) is 6.89. The molecule has 0 saturated heterocycles. The van der Waals surface area contributed by atoms with Crippen LogP contribution in [0.5, 0.6) is 0 Å². The molecule has 1 N–H and O–H groups in total. The molecular weight excluding hydrogens is 234 g/mol. The number of likely N-dealkylation sites (N-methyl/N-ethyl adjacent to an activating group) is 1. The third-order valence-electron chi connectivity index (χ3n) is 2.25. The van der Waals surface area contributed by atoms with Crippen LogP contribution in [0.3, 0.4) is 0 Å². The molecular formula is C12H21N3O3. The van der Waals surface area contributed by atoms with E-state index in [9.17, 15) is 9.59 Å². The van der Waals surface area contributed by atoms with E-state index >= 15 is 0 Å². The molecule has 6 heteroatoms. The van der Waals surface area contributed by atoms with Gasteiger partial charge in [0.05, 0.1) is 26.2 Å². The van der Waals surface area contributed by atoms with Crippen molar-refractivity contribution in [2.24, 2.45) is 0 Å². The fourth-order valence-corrected chi connectivity index (χ4v) is 1.15. The molecule has 0 heterocycles. The van der Waals surface area contributed by atoms with Crippen LogP contribution in [-0.4, -0.2) is 75.6 Å². The van der Waals surface area contributed by atoms with E-state index in [1.807, 2.05) is 0 Å². The molecule has 0 aliphatic rings. The van der Waals surface area contributed by atoms with Gasteiger partial charge in [0.25, 0.3) is 0 Å². The Bertz CT molecular complexity index is 310. The lowest BCUT2D eigenvalue weighted by Gasteiger charge is -2.23. The van der Waals surface area contributed by atoms with Gasteiger partial charge in [0.2, 0.25) is 11.8 Å². The van der Waals surface area contributed by atoms with Gasteiger partial charge in [0.1, 0.15) is 0 Å². The lowest BCUT2D eigenvalue weighted by Crippen LogP contribution is -2.45. The second kappa shape index (κ2) is 9.45. The van der Waals surface area contributed by atoms with Crippen LogP contribution >= 0.6 is 0 Å². The van der Waals surface area contributed by atoms with Crippen molar-refractivity contribution in [1.29, 1.82) is 0 Å². The monoisotopic (exact) mass is 255 g/mol. The first-order valence-electron chi connectivity index (χ1n) is 5.64. The van der Waals surface area contributed by atoms with Gasteiger partial charge in [-0.05, 0) is 0 Å². The molecule has 0 fully saturated rings. The number of hydrogen-bond donors (Lipinski definition) is 1. The van der Waals surface area contributed by atoms with Crippen molar-refractivity contribution in [3.05, 3.63) is 0 Å². The summed E-state index contributed by atoms with van der Waals surface area (Å²) in [5, 5.41) is 2.80. The van der Waals surface area contributed by atoms with E-state index in [-0.39, 0.29) is 24.9 Å². The molecule has 0 radical (unpaired) electrons. The highest BCUT2D eigenvalue weighted by atomic mass is 16.5. The number of methoxy groups -OCH3 is 1. The van der Waals surface area contributed by atoms with E-state index < -0.39 is 0 Å². The average molecular weight is 255 g/mol. The number of rotatable bonds is 8. The second-order valence-electron chi connectivity index (χ2n) is 3.90. The predicted octanol–water partition coefficient (Wildman–Crippen LogP) is -1.23. The molecule has 6 nitrogen and oxygen atoms in total. The van der Waals surface area contributed by atoms with Crippen LogP contribution in [0.4, 0.5) is 0 Å². The fraction of sp³-hybridized carbons (Fsp3) is 0.667. The molecule has 0 rings (SSSR count). The maximum Gasteiger partial charge on any atom is 0.241 e. The van der Waals surface area contributed by atoms with Gasteiger partial charge in [-0.3, -0.25) is 14.9 Å². The van der Waals surface area contributed by atoms with E-state index in [1.54, 1.807) is 21.2 Å². The molecule has 0 atom stereocenters. The van der Waals surface area contributed by atoms with Crippen LogP contribution in [0.1, 0.15) is 0 Å². The molecule has 0 aromatic heterocycles. The maximum absolute atomic E-state index is 11.9. The Labute approximate surface area is 108 Å².